The van der Waals surface area contributed by atoms with Crippen LogP contribution in [0.25, 0.3) is 11.3 Å². The van der Waals surface area contributed by atoms with Crippen molar-refractivity contribution in [1.82, 2.24) is 25.5 Å². The van der Waals surface area contributed by atoms with E-state index in [1.54, 1.807) is 6.07 Å². The number of amides is 1. The third-order valence-corrected chi connectivity index (χ3v) is 5.21. The van der Waals surface area contributed by atoms with Crippen LogP contribution in [0.3, 0.4) is 0 Å². The fourth-order valence-corrected chi connectivity index (χ4v) is 3.37. The molecule has 1 amide bonds. The van der Waals surface area contributed by atoms with Gasteiger partial charge in [-0.2, -0.15) is 0 Å². The smallest absolute Gasteiger partial charge is 0.290 e. The van der Waals surface area contributed by atoms with E-state index >= 15 is 0 Å². The lowest BCUT2D eigenvalue weighted by molar-refractivity contribution is 0.00664. The van der Waals surface area contributed by atoms with Gasteiger partial charge in [0.15, 0.2) is 0 Å². The van der Waals surface area contributed by atoms with Gasteiger partial charge in [-0.3, -0.25) is 4.79 Å². The van der Waals surface area contributed by atoms with Gasteiger partial charge in [0.1, 0.15) is 5.69 Å². The molecule has 3 aromatic rings. The molecule has 8 heteroatoms. The third kappa shape index (κ3) is 3.12. The topological polar surface area (TPSA) is 95.1 Å². The maximum atomic E-state index is 12.4. The van der Waals surface area contributed by atoms with Gasteiger partial charge < -0.3 is 14.6 Å². The lowest BCUT2D eigenvalue weighted by atomic mass is 9.86. The van der Waals surface area contributed by atoms with Crippen LogP contribution in [0.4, 0.5) is 0 Å². The summed E-state index contributed by atoms with van der Waals surface area (Å²) in [5.41, 5.74) is 2.56. The molecule has 8 nitrogen and oxygen atoms in total. The summed E-state index contributed by atoms with van der Waals surface area (Å²) in [4.78, 5) is 12.4. The Labute approximate surface area is 155 Å². The Kier molecular flexibility index (Phi) is 3.97. The van der Waals surface area contributed by atoms with Crippen LogP contribution in [-0.4, -0.2) is 45.3 Å². The summed E-state index contributed by atoms with van der Waals surface area (Å²) in [6.45, 7) is 1.45. The summed E-state index contributed by atoms with van der Waals surface area (Å²) in [6.07, 6.45) is 3.66. The number of hydrogen-bond acceptors (Lipinski definition) is 6. The second-order valence-electron chi connectivity index (χ2n) is 7.10. The van der Waals surface area contributed by atoms with Gasteiger partial charge in [-0.25, -0.2) is 4.68 Å². The predicted octanol–water partition coefficient (Wildman–Crippen LogP) is 2.18. The van der Waals surface area contributed by atoms with E-state index < -0.39 is 0 Å². The van der Waals surface area contributed by atoms with Crippen molar-refractivity contribution in [3.63, 3.8) is 0 Å². The fourth-order valence-electron chi connectivity index (χ4n) is 3.37. The molecule has 1 saturated heterocycles. The minimum atomic E-state index is -0.237. The summed E-state index contributed by atoms with van der Waals surface area (Å²) in [5, 5.41) is 15.4. The van der Waals surface area contributed by atoms with Crippen molar-refractivity contribution in [2.45, 2.75) is 30.8 Å². The Hall–Kier alpha value is -3.00. The van der Waals surface area contributed by atoms with E-state index in [1.807, 2.05) is 41.2 Å². The Morgan fingerprint density at radius 1 is 1.19 bits per heavy atom. The molecule has 27 heavy (non-hydrogen) atoms. The highest BCUT2D eigenvalue weighted by atomic mass is 16.5. The van der Waals surface area contributed by atoms with Gasteiger partial charge in [-0.15, -0.1) is 5.10 Å². The predicted molar refractivity (Wildman–Crippen MR) is 95.0 cm³/mol. The summed E-state index contributed by atoms with van der Waals surface area (Å²) >= 11 is 0. The number of aromatic nitrogens is 4. The van der Waals surface area contributed by atoms with E-state index in [0.29, 0.717) is 11.6 Å². The molecule has 0 unspecified atom stereocenters. The lowest BCUT2D eigenvalue weighted by Gasteiger charge is -2.35. The van der Waals surface area contributed by atoms with Crippen LogP contribution >= 0.6 is 0 Å². The highest BCUT2D eigenvalue weighted by Crippen LogP contribution is 2.33. The van der Waals surface area contributed by atoms with E-state index in [-0.39, 0.29) is 23.8 Å². The minimum Gasteiger partial charge on any atom is -0.380 e. The van der Waals surface area contributed by atoms with Crippen molar-refractivity contribution in [3.05, 3.63) is 54.0 Å². The lowest BCUT2D eigenvalue weighted by Crippen LogP contribution is -2.45. The first-order valence-corrected chi connectivity index (χ1v) is 9.09. The number of nitrogens with zero attached hydrogens (tertiary/aromatic N) is 4. The number of benzene rings is 1. The summed E-state index contributed by atoms with van der Waals surface area (Å²) in [6, 6.07) is 11.7. The second kappa shape index (κ2) is 6.62. The SMILES string of the molecule is O=C(NC1CC(n2cc(C3COC3)nn2)C1)c1cc(-c2ccccc2)no1. The number of nitrogens with one attached hydrogen (secondary N) is 1. The van der Waals surface area contributed by atoms with Crippen LogP contribution in [0, 0.1) is 0 Å². The molecule has 0 atom stereocenters. The van der Waals surface area contributed by atoms with E-state index in [1.165, 1.54) is 0 Å². The quantitative estimate of drug-likeness (QED) is 0.745. The maximum Gasteiger partial charge on any atom is 0.290 e. The molecule has 1 aromatic carbocycles. The molecular formula is C19H19N5O3. The van der Waals surface area contributed by atoms with Crippen LogP contribution in [0.15, 0.2) is 47.1 Å². The van der Waals surface area contributed by atoms with Gasteiger partial charge in [0, 0.05) is 23.9 Å². The van der Waals surface area contributed by atoms with Crippen molar-refractivity contribution >= 4 is 5.91 Å². The van der Waals surface area contributed by atoms with Gasteiger partial charge in [-0.05, 0) is 12.8 Å². The molecule has 1 saturated carbocycles. The summed E-state index contributed by atoms with van der Waals surface area (Å²) < 4.78 is 12.3. The first-order valence-electron chi connectivity index (χ1n) is 9.09. The van der Waals surface area contributed by atoms with Crippen molar-refractivity contribution in [1.29, 1.82) is 0 Å². The molecule has 0 spiro atoms. The van der Waals surface area contributed by atoms with E-state index in [4.69, 9.17) is 9.26 Å². The number of rotatable bonds is 5. The van der Waals surface area contributed by atoms with Crippen LogP contribution in [0.2, 0.25) is 0 Å². The van der Waals surface area contributed by atoms with Gasteiger partial charge in [0.05, 0.1) is 30.9 Å². The van der Waals surface area contributed by atoms with Gasteiger partial charge >= 0.3 is 0 Å². The average Bonchev–Trinajstić information content (AvgIpc) is 3.27. The van der Waals surface area contributed by atoms with Crippen molar-refractivity contribution in [2.24, 2.45) is 0 Å². The first kappa shape index (κ1) is 16.2. The minimum absolute atomic E-state index is 0.104. The summed E-state index contributed by atoms with van der Waals surface area (Å²) in [5.74, 6) is 0.365. The van der Waals surface area contributed by atoms with Crippen LogP contribution < -0.4 is 5.32 Å². The normalized spacial score (nSPS) is 22.1. The van der Waals surface area contributed by atoms with Gasteiger partial charge in [0.2, 0.25) is 5.76 Å². The summed E-state index contributed by atoms with van der Waals surface area (Å²) in [7, 11) is 0. The molecule has 1 aliphatic carbocycles. The number of ether oxygens (including phenoxy) is 1. The highest BCUT2D eigenvalue weighted by Gasteiger charge is 2.34. The van der Waals surface area contributed by atoms with Gasteiger partial charge in [-0.1, -0.05) is 40.7 Å². The molecule has 0 radical (unpaired) electrons. The zero-order chi connectivity index (χ0) is 18.2. The Morgan fingerprint density at radius 2 is 2.00 bits per heavy atom. The van der Waals surface area contributed by atoms with Crippen molar-refractivity contribution < 1.29 is 14.1 Å². The Balaban J connectivity index is 1.16. The second-order valence-corrected chi connectivity index (χ2v) is 7.10. The fraction of sp³-hybridized carbons (Fsp3) is 0.368. The van der Waals surface area contributed by atoms with Crippen molar-refractivity contribution in [3.8, 4) is 11.3 Å². The maximum absolute atomic E-state index is 12.4. The molecule has 2 aliphatic rings. The molecule has 1 aliphatic heterocycles. The Bertz CT molecular complexity index is 941. The van der Waals surface area contributed by atoms with Gasteiger partial charge in [0.25, 0.3) is 5.91 Å². The molecule has 1 N–H and O–H groups in total. The van der Waals surface area contributed by atoms with Crippen LogP contribution in [0.5, 0.6) is 0 Å². The molecule has 0 bridgehead atoms. The van der Waals surface area contributed by atoms with Crippen LogP contribution in [0.1, 0.15) is 41.1 Å². The Morgan fingerprint density at radius 3 is 2.74 bits per heavy atom. The molecular weight excluding hydrogens is 346 g/mol. The molecule has 2 aromatic heterocycles. The number of hydrogen-bond donors (Lipinski definition) is 1. The largest absolute Gasteiger partial charge is 0.380 e. The third-order valence-electron chi connectivity index (χ3n) is 5.21. The molecule has 138 valence electrons. The zero-order valence-corrected chi connectivity index (χ0v) is 14.6. The molecule has 2 fully saturated rings. The van der Waals surface area contributed by atoms with E-state index in [0.717, 1.165) is 37.3 Å². The zero-order valence-electron chi connectivity index (χ0n) is 14.6. The molecule has 5 rings (SSSR count). The first-order chi connectivity index (χ1) is 13.3. The standard InChI is InChI=1S/C19H19N5O3/c25-19(18-8-16(22-27-18)12-4-2-1-3-5-12)20-14-6-15(7-14)24-9-17(21-23-24)13-10-26-11-13/h1-5,8-9,13-15H,6-7,10-11H2,(H,20,25). The number of carbonyl (C=O) groups excluding carboxylic acids is 1. The van der Waals surface area contributed by atoms with E-state index in [9.17, 15) is 4.79 Å². The molecule has 3 heterocycles. The monoisotopic (exact) mass is 365 g/mol. The van der Waals surface area contributed by atoms with Crippen molar-refractivity contribution in [2.75, 3.05) is 13.2 Å². The number of carbonyl (C=O) groups is 1. The van der Waals surface area contributed by atoms with E-state index in [2.05, 4.69) is 20.8 Å². The van der Waals surface area contributed by atoms with Crippen LogP contribution in [-0.2, 0) is 4.74 Å². The average molecular weight is 365 g/mol. The highest BCUT2D eigenvalue weighted by molar-refractivity contribution is 5.92.